The largest absolute Gasteiger partial charge is 0.378 e. The lowest BCUT2D eigenvalue weighted by molar-refractivity contribution is -0.176. The van der Waals surface area contributed by atoms with E-state index in [-0.39, 0.29) is 46.8 Å². The lowest BCUT2D eigenvalue weighted by Gasteiger charge is -2.59. The molecule has 2 atom stereocenters. The van der Waals surface area contributed by atoms with Crippen molar-refractivity contribution in [3.63, 3.8) is 0 Å². The lowest BCUT2D eigenvalue weighted by atomic mass is 9.56. The molecule has 0 amide bonds. The summed E-state index contributed by atoms with van der Waals surface area (Å²) in [7, 11) is 0.295. The minimum absolute atomic E-state index is 0. The zero-order chi connectivity index (χ0) is 18.1. The predicted molar refractivity (Wildman–Crippen MR) is 111 cm³/mol. The molecule has 2 unspecified atom stereocenters. The maximum Gasteiger partial charge on any atom is 0.191 e. The van der Waals surface area contributed by atoms with Gasteiger partial charge in [-0.2, -0.15) is 0 Å². The number of nitrogens with one attached hydrogen (secondary N) is 2. The number of ether oxygens (including phenoxy) is 1. The van der Waals surface area contributed by atoms with Gasteiger partial charge in [0.2, 0.25) is 0 Å². The van der Waals surface area contributed by atoms with E-state index < -0.39 is 14.6 Å². The minimum Gasteiger partial charge on any atom is -0.378 e. The summed E-state index contributed by atoms with van der Waals surface area (Å²) in [6, 6.07) is 0.234. The van der Waals surface area contributed by atoms with Crippen LogP contribution in [0.4, 0.5) is 0 Å². The summed E-state index contributed by atoms with van der Waals surface area (Å²) in [5.74, 6) is 0.714. The van der Waals surface area contributed by atoms with Crippen molar-refractivity contribution in [3.05, 3.63) is 0 Å². The van der Waals surface area contributed by atoms with E-state index in [0.29, 0.717) is 12.5 Å². The van der Waals surface area contributed by atoms with E-state index in [2.05, 4.69) is 36.4 Å². The molecule has 1 aliphatic rings. The van der Waals surface area contributed by atoms with Crippen LogP contribution in [0.1, 0.15) is 48.0 Å². The van der Waals surface area contributed by atoms with E-state index in [1.165, 1.54) is 0 Å². The van der Waals surface area contributed by atoms with Crippen molar-refractivity contribution in [2.75, 3.05) is 26.5 Å². The quantitative estimate of drug-likeness (QED) is 0.362. The van der Waals surface area contributed by atoms with Crippen LogP contribution in [0.5, 0.6) is 0 Å². The van der Waals surface area contributed by atoms with Crippen LogP contribution < -0.4 is 10.6 Å². The number of nitrogens with zero attached hydrogens (tertiary/aromatic N) is 1. The van der Waals surface area contributed by atoms with Crippen molar-refractivity contribution < 1.29 is 13.2 Å². The van der Waals surface area contributed by atoms with Gasteiger partial charge in [-0.3, -0.25) is 4.99 Å². The molecule has 0 aliphatic heterocycles. The molecule has 1 aliphatic carbocycles. The summed E-state index contributed by atoms with van der Waals surface area (Å²) >= 11 is 0. The van der Waals surface area contributed by atoms with Crippen LogP contribution >= 0.6 is 24.0 Å². The Morgan fingerprint density at radius 2 is 1.83 bits per heavy atom. The van der Waals surface area contributed by atoms with E-state index in [0.717, 1.165) is 6.42 Å². The molecular formula is C16H34IN3O3S. The highest BCUT2D eigenvalue weighted by Gasteiger charge is 2.58. The average molecular weight is 475 g/mol. The first-order valence-electron chi connectivity index (χ1n) is 8.05. The first-order chi connectivity index (χ1) is 10.3. The van der Waals surface area contributed by atoms with Gasteiger partial charge >= 0.3 is 0 Å². The molecule has 0 aromatic heterocycles. The molecule has 0 aromatic carbocycles. The summed E-state index contributed by atoms with van der Waals surface area (Å²) in [5.41, 5.74) is -0.185. The number of sulfone groups is 1. The van der Waals surface area contributed by atoms with Gasteiger partial charge in [-0.25, -0.2) is 8.42 Å². The van der Waals surface area contributed by atoms with Gasteiger partial charge in [0.15, 0.2) is 15.8 Å². The second-order valence-electron chi connectivity index (χ2n) is 7.99. The van der Waals surface area contributed by atoms with E-state index in [1.807, 2.05) is 0 Å². The topological polar surface area (TPSA) is 79.8 Å². The fourth-order valence-electron chi connectivity index (χ4n) is 2.69. The molecule has 2 N–H and O–H groups in total. The third-order valence-electron chi connectivity index (χ3n) is 5.41. The zero-order valence-electron chi connectivity index (χ0n) is 16.2. The van der Waals surface area contributed by atoms with Crippen LogP contribution in [-0.2, 0) is 14.6 Å². The monoisotopic (exact) mass is 475 g/mol. The fourth-order valence-corrected chi connectivity index (χ4v) is 3.68. The Labute approximate surface area is 164 Å². The average Bonchev–Trinajstić information content (AvgIpc) is 2.43. The first kappa shape index (κ1) is 23.9. The summed E-state index contributed by atoms with van der Waals surface area (Å²) in [4.78, 5) is 4.19. The van der Waals surface area contributed by atoms with E-state index in [4.69, 9.17) is 4.74 Å². The van der Waals surface area contributed by atoms with Crippen molar-refractivity contribution >= 4 is 39.8 Å². The highest BCUT2D eigenvalue weighted by Crippen LogP contribution is 2.51. The Kier molecular flexibility index (Phi) is 8.04. The van der Waals surface area contributed by atoms with Crippen molar-refractivity contribution in [1.82, 2.24) is 10.6 Å². The SMILES string of the molecule is CN=C(NCCS(=O)(=O)C(C)(C)C)NC1CC(C)(OC)C1(C)C.I. The van der Waals surface area contributed by atoms with Crippen molar-refractivity contribution in [3.8, 4) is 0 Å². The van der Waals surface area contributed by atoms with Gasteiger partial charge in [-0.05, 0) is 34.1 Å². The molecule has 0 heterocycles. The number of rotatable bonds is 5. The molecule has 0 radical (unpaired) electrons. The third kappa shape index (κ3) is 4.75. The second-order valence-corrected chi connectivity index (χ2v) is 10.9. The molecular weight excluding hydrogens is 441 g/mol. The van der Waals surface area contributed by atoms with Crippen molar-refractivity contribution in [2.24, 2.45) is 10.4 Å². The lowest BCUT2D eigenvalue weighted by Crippen LogP contribution is -2.69. The van der Waals surface area contributed by atoms with Gasteiger partial charge < -0.3 is 15.4 Å². The van der Waals surface area contributed by atoms with Gasteiger partial charge in [-0.15, -0.1) is 24.0 Å². The maximum absolute atomic E-state index is 12.1. The van der Waals surface area contributed by atoms with Gasteiger partial charge in [0.25, 0.3) is 0 Å². The second kappa shape index (κ2) is 8.07. The maximum atomic E-state index is 12.1. The van der Waals surface area contributed by atoms with Crippen LogP contribution in [0.3, 0.4) is 0 Å². The normalized spacial score (nSPS) is 27.0. The summed E-state index contributed by atoms with van der Waals surface area (Å²) in [6.45, 7) is 11.9. The van der Waals surface area contributed by atoms with Crippen LogP contribution in [0.2, 0.25) is 0 Å². The van der Waals surface area contributed by atoms with Crippen LogP contribution in [0.15, 0.2) is 4.99 Å². The molecule has 1 fully saturated rings. The summed E-state index contributed by atoms with van der Waals surface area (Å²) < 4.78 is 29.1. The summed E-state index contributed by atoms with van der Waals surface area (Å²) in [6.07, 6.45) is 0.886. The van der Waals surface area contributed by atoms with Gasteiger partial charge in [0, 0.05) is 32.2 Å². The van der Waals surface area contributed by atoms with E-state index >= 15 is 0 Å². The minimum atomic E-state index is -3.13. The number of hydrogen-bond donors (Lipinski definition) is 2. The molecule has 0 spiro atoms. The predicted octanol–water partition coefficient (Wildman–Crippen LogP) is 2.19. The number of guanidine groups is 1. The van der Waals surface area contributed by atoms with Crippen molar-refractivity contribution in [2.45, 2.75) is 64.4 Å². The Balaban J connectivity index is 0.00000529. The van der Waals surface area contributed by atoms with Crippen LogP contribution in [0.25, 0.3) is 0 Å². The highest BCUT2D eigenvalue weighted by atomic mass is 127. The third-order valence-corrected chi connectivity index (χ3v) is 8.02. The number of aliphatic imine (C=N–C) groups is 1. The molecule has 1 saturated carbocycles. The number of methoxy groups -OCH3 is 1. The molecule has 0 bridgehead atoms. The Morgan fingerprint density at radius 3 is 2.21 bits per heavy atom. The van der Waals surface area contributed by atoms with E-state index in [9.17, 15) is 8.42 Å². The Morgan fingerprint density at radius 1 is 1.29 bits per heavy atom. The van der Waals surface area contributed by atoms with Gasteiger partial charge in [-0.1, -0.05) is 13.8 Å². The molecule has 24 heavy (non-hydrogen) atoms. The molecule has 6 nitrogen and oxygen atoms in total. The smallest absolute Gasteiger partial charge is 0.191 e. The number of halogens is 1. The number of hydrogen-bond acceptors (Lipinski definition) is 4. The highest BCUT2D eigenvalue weighted by molar-refractivity contribution is 14.0. The zero-order valence-corrected chi connectivity index (χ0v) is 19.3. The molecule has 0 aromatic rings. The fraction of sp³-hybridized carbons (Fsp3) is 0.938. The molecule has 0 saturated heterocycles. The molecule has 8 heteroatoms. The van der Waals surface area contributed by atoms with E-state index in [1.54, 1.807) is 34.9 Å². The Bertz CT molecular complexity index is 555. The first-order valence-corrected chi connectivity index (χ1v) is 9.70. The van der Waals surface area contributed by atoms with Crippen molar-refractivity contribution in [1.29, 1.82) is 0 Å². The van der Waals surface area contributed by atoms with Crippen LogP contribution in [0, 0.1) is 5.41 Å². The molecule has 144 valence electrons. The summed E-state index contributed by atoms with van der Waals surface area (Å²) in [5, 5.41) is 6.47. The Hall–Kier alpha value is -0.0900. The van der Waals surface area contributed by atoms with Crippen LogP contribution in [-0.4, -0.2) is 57.2 Å². The standard InChI is InChI=1S/C16H33N3O3S.HI/c1-14(2,3)23(20,21)10-9-18-13(17-7)19-12-11-16(6,22-8)15(12,4)5;/h12H,9-11H2,1-8H3,(H2,17,18,19);1H. The van der Waals surface area contributed by atoms with Gasteiger partial charge in [0.1, 0.15) is 0 Å². The molecule has 1 rings (SSSR count). The van der Waals surface area contributed by atoms with Gasteiger partial charge in [0.05, 0.1) is 16.1 Å².